The van der Waals surface area contributed by atoms with Gasteiger partial charge in [0.15, 0.2) is 0 Å². The van der Waals surface area contributed by atoms with E-state index in [1.165, 1.54) is 24.8 Å². The van der Waals surface area contributed by atoms with Crippen molar-refractivity contribution in [3.63, 3.8) is 0 Å². The van der Waals surface area contributed by atoms with E-state index in [9.17, 15) is 4.79 Å². The minimum atomic E-state index is 0.506. The van der Waals surface area contributed by atoms with Crippen molar-refractivity contribution in [3.05, 3.63) is 12.2 Å². The van der Waals surface area contributed by atoms with Crippen LogP contribution in [0.1, 0.15) is 46.0 Å². The monoisotopic (exact) mass is 168 g/mol. The molecule has 1 unspecified atom stereocenters. The maximum Gasteiger partial charge on any atom is 0.120 e. The van der Waals surface area contributed by atoms with Crippen LogP contribution in [-0.2, 0) is 4.79 Å². The number of carbonyl (C=O) groups is 1. The molecule has 1 atom stereocenters. The molecular formula is C11H20O. The highest BCUT2D eigenvalue weighted by molar-refractivity contribution is 5.50. The second-order valence-corrected chi connectivity index (χ2v) is 3.00. The number of allylic oxidation sites excluding steroid dienone is 1. The molecule has 0 aliphatic heterocycles. The molecule has 0 aromatic rings. The van der Waals surface area contributed by atoms with E-state index in [1.54, 1.807) is 0 Å². The number of hydrogen-bond acceptors (Lipinski definition) is 1. The molecule has 12 heavy (non-hydrogen) atoms. The maximum absolute atomic E-state index is 10.2. The van der Waals surface area contributed by atoms with Crippen molar-refractivity contribution in [2.45, 2.75) is 46.0 Å². The quantitative estimate of drug-likeness (QED) is 0.456. The predicted octanol–water partition coefficient (Wildman–Crippen LogP) is 3.35. The summed E-state index contributed by atoms with van der Waals surface area (Å²) in [4.78, 5) is 10.2. The van der Waals surface area contributed by atoms with E-state index in [0.29, 0.717) is 12.3 Å². The molecule has 0 amide bonds. The fourth-order valence-corrected chi connectivity index (χ4v) is 1.55. The summed E-state index contributed by atoms with van der Waals surface area (Å²) in [6, 6.07) is 0. The molecule has 0 aromatic carbocycles. The first-order valence-corrected chi connectivity index (χ1v) is 4.96. The lowest BCUT2D eigenvalue weighted by Gasteiger charge is -2.21. The maximum atomic E-state index is 10.2. The average Bonchev–Trinajstić information content (AvgIpc) is 2.13. The minimum Gasteiger partial charge on any atom is -0.303 e. The Kier molecular flexibility index (Phi) is 6.73. The normalized spacial score (nSPS) is 22.5. The van der Waals surface area contributed by atoms with Gasteiger partial charge in [0.1, 0.15) is 6.29 Å². The number of rotatable bonds is 2. The zero-order valence-corrected chi connectivity index (χ0v) is 8.31. The molecule has 0 N–H and O–H groups in total. The molecule has 1 nitrogen and oxygen atoms in total. The fourth-order valence-electron chi connectivity index (χ4n) is 1.55. The van der Waals surface area contributed by atoms with Gasteiger partial charge in [-0.25, -0.2) is 0 Å². The molecule has 1 aliphatic carbocycles. The van der Waals surface area contributed by atoms with E-state index in [0.717, 1.165) is 12.7 Å². The Labute approximate surface area is 75.9 Å². The SMILES string of the molecule is C=C1CCCCC1CC=O.CC. The van der Waals surface area contributed by atoms with Crippen molar-refractivity contribution < 1.29 is 4.79 Å². The molecule has 0 heterocycles. The van der Waals surface area contributed by atoms with Crippen LogP contribution in [-0.4, -0.2) is 6.29 Å². The molecule has 1 fully saturated rings. The van der Waals surface area contributed by atoms with Gasteiger partial charge in [0.25, 0.3) is 0 Å². The van der Waals surface area contributed by atoms with Gasteiger partial charge in [-0.1, -0.05) is 32.4 Å². The highest BCUT2D eigenvalue weighted by Gasteiger charge is 2.15. The van der Waals surface area contributed by atoms with Crippen LogP contribution in [0.4, 0.5) is 0 Å². The first-order chi connectivity index (χ1) is 5.84. The third kappa shape index (κ3) is 3.70. The molecule has 0 radical (unpaired) electrons. The Balaban J connectivity index is 0.000000561. The molecular weight excluding hydrogens is 148 g/mol. The van der Waals surface area contributed by atoms with E-state index in [1.807, 2.05) is 13.8 Å². The molecule has 0 saturated heterocycles. The zero-order chi connectivity index (χ0) is 9.40. The summed E-state index contributed by atoms with van der Waals surface area (Å²) in [7, 11) is 0. The predicted molar refractivity (Wildman–Crippen MR) is 53.1 cm³/mol. The largest absolute Gasteiger partial charge is 0.303 e. The van der Waals surface area contributed by atoms with Crippen molar-refractivity contribution in [2.75, 3.05) is 0 Å². The summed E-state index contributed by atoms with van der Waals surface area (Å²) < 4.78 is 0. The van der Waals surface area contributed by atoms with Crippen LogP contribution in [0.3, 0.4) is 0 Å². The first-order valence-electron chi connectivity index (χ1n) is 4.96. The van der Waals surface area contributed by atoms with Gasteiger partial charge in [-0.3, -0.25) is 0 Å². The summed E-state index contributed by atoms with van der Waals surface area (Å²) in [6.45, 7) is 7.96. The van der Waals surface area contributed by atoms with E-state index in [-0.39, 0.29) is 0 Å². The van der Waals surface area contributed by atoms with Crippen LogP contribution in [0.5, 0.6) is 0 Å². The van der Waals surface area contributed by atoms with Crippen LogP contribution in [0.25, 0.3) is 0 Å². The van der Waals surface area contributed by atoms with Crippen LogP contribution >= 0.6 is 0 Å². The van der Waals surface area contributed by atoms with Gasteiger partial charge in [-0.2, -0.15) is 0 Å². The molecule has 0 spiro atoms. The Morgan fingerprint density at radius 1 is 1.50 bits per heavy atom. The lowest BCUT2D eigenvalue weighted by molar-refractivity contribution is -0.108. The van der Waals surface area contributed by atoms with Gasteiger partial charge >= 0.3 is 0 Å². The zero-order valence-electron chi connectivity index (χ0n) is 8.31. The summed E-state index contributed by atoms with van der Waals surface area (Å²) in [5.74, 6) is 0.506. The van der Waals surface area contributed by atoms with Gasteiger partial charge in [-0.15, -0.1) is 0 Å². The molecule has 1 rings (SSSR count). The van der Waals surface area contributed by atoms with Crippen molar-refractivity contribution in [2.24, 2.45) is 5.92 Å². The van der Waals surface area contributed by atoms with Gasteiger partial charge in [0.2, 0.25) is 0 Å². The molecule has 1 aliphatic rings. The molecule has 70 valence electrons. The van der Waals surface area contributed by atoms with E-state index >= 15 is 0 Å². The third-order valence-corrected chi connectivity index (χ3v) is 2.26. The summed E-state index contributed by atoms with van der Waals surface area (Å²) >= 11 is 0. The van der Waals surface area contributed by atoms with Crippen LogP contribution in [0.2, 0.25) is 0 Å². The Morgan fingerprint density at radius 2 is 2.17 bits per heavy atom. The molecule has 1 heteroatoms. The smallest absolute Gasteiger partial charge is 0.120 e. The topological polar surface area (TPSA) is 17.1 Å². The fraction of sp³-hybridized carbons (Fsp3) is 0.727. The summed E-state index contributed by atoms with van der Waals surface area (Å²) in [5, 5.41) is 0. The van der Waals surface area contributed by atoms with Crippen LogP contribution in [0.15, 0.2) is 12.2 Å². The van der Waals surface area contributed by atoms with E-state index < -0.39 is 0 Å². The highest BCUT2D eigenvalue weighted by Crippen LogP contribution is 2.29. The number of carbonyl (C=O) groups excluding carboxylic acids is 1. The lowest BCUT2D eigenvalue weighted by atomic mass is 9.84. The minimum absolute atomic E-state index is 0.506. The van der Waals surface area contributed by atoms with Gasteiger partial charge in [0, 0.05) is 6.42 Å². The van der Waals surface area contributed by atoms with Gasteiger partial charge in [-0.05, 0) is 25.2 Å². The Bertz CT molecular complexity index is 138. The van der Waals surface area contributed by atoms with Crippen molar-refractivity contribution in [1.82, 2.24) is 0 Å². The second-order valence-electron chi connectivity index (χ2n) is 3.00. The first kappa shape index (κ1) is 11.4. The van der Waals surface area contributed by atoms with Crippen LogP contribution < -0.4 is 0 Å². The molecule has 1 saturated carbocycles. The second kappa shape index (κ2) is 7.08. The van der Waals surface area contributed by atoms with E-state index in [2.05, 4.69) is 6.58 Å². The average molecular weight is 168 g/mol. The Morgan fingerprint density at radius 3 is 2.67 bits per heavy atom. The highest BCUT2D eigenvalue weighted by atomic mass is 16.1. The van der Waals surface area contributed by atoms with Crippen molar-refractivity contribution in [1.29, 1.82) is 0 Å². The van der Waals surface area contributed by atoms with Crippen LogP contribution in [0, 0.1) is 5.92 Å². The van der Waals surface area contributed by atoms with Gasteiger partial charge < -0.3 is 4.79 Å². The summed E-state index contributed by atoms with van der Waals surface area (Å²) in [5.41, 5.74) is 1.29. The number of aldehydes is 1. The number of hydrogen-bond donors (Lipinski definition) is 0. The van der Waals surface area contributed by atoms with Crippen molar-refractivity contribution in [3.8, 4) is 0 Å². The standard InChI is InChI=1S/C9H14O.C2H6/c1-8-4-2-3-5-9(8)6-7-10;1-2/h7,9H,1-6H2;1-2H3. The van der Waals surface area contributed by atoms with Gasteiger partial charge in [0.05, 0.1) is 0 Å². The lowest BCUT2D eigenvalue weighted by Crippen LogP contribution is -2.09. The van der Waals surface area contributed by atoms with E-state index in [4.69, 9.17) is 0 Å². The Hall–Kier alpha value is -0.590. The summed E-state index contributed by atoms with van der Waals surface area (Å²) in [6.07, 6.45) is 6.57. The molecule has 0 aromatic heterocycles. The van der Waals surface area contributed by atoms with Crippen molar-refractivity contribution >= 4 is 6.29 Å². The molecule has 0 bridgehead atoms. The third-order valence-electron chi connectivity index (χ3n) is 2.26.